The van der Waals surface area contributed by atoms with Gasteiger partial charge in [-0.3, -0.25) is 0 Å². The standard InChI is InChI=1S/C14H16BrClN4O/c1-19(2)3-4-20-5-6-21-13-11-10(7-9(15)12(13)16)17-8-18-14(11)20/h7-8H,3-6H2,1-2H3. The highest BCUT2D eigenvalue weighted by Crippen LogP contribution is 2.43. The molecule has 0 bridgehead atoms. The number of hydrogen-bond donors (Lipinski definition) is 0. The Morgan fingerprint density at radius 1 is 1.43 bits per heavy atom. The Morgan fingerprint density at radius 2 is 2.24 bits per heavy atom. The summed E-state index contributed by atoms with van der Waals surface area (Å²) in [7, 11) is 4.12. The van der Waals surface area contributed by atoms with E-state index in [9.17, 15) is 0 Å². The molecule has 112 valence electrons. The molecule has 1 aromatic carbocycles. The lowest BCUT2D eigenvalue weighted by Gasteiger charge is -2.23. The molecule has 0 aliphatic carbocycles. The number of hydrogen-bond acceptors (Lipinski definition) is 5. The first-order chi connectivity index (χ1) is 10.1. The summed E-state index contributed by atoms with van der Waals surface area (Å²) in [4.78, 5) is 13.2. The van der Waals surface area contributed by atoms with Gasteiger partial charge in [-0.15, -0.1) is 0 Å². The van der Waals surface area contributed by atoms with Gasteiger partial charge in [0.15, 0.2) is 5.75 Å². The molecule has 0 saturated heterocycles. The molecule has 3 rings (SSSR count). The van der Waals surface area contributed by atoms with Crippen LogP contribution in [0.25, 0.3) is 10.9 Å². The third kappa shape index (κ3) is 2.80. The normalized spacial score (nSPS) is 14.4. The molecule has 0 amide bonds. The Kier molecular flexibility index (Phi) is 4.19. The zero-order valence-corrected chi connectivity index (χ0v) is 14.3. The van der Waals surface area contributed by atoms with Crippen molar-refractivity contribution >= 4 is 44.3 Å². The average molecular weight is 372 g/mol. The number of anilines is 1. The first-order valence-corrected chi connectivity index (χ1v) is 7.90. The van der Waals surface area contributed by atoms with E-state index in [0.717, 1.165) is 40.8 Å². The molecular formula is C14H16BrClN4O. The van der Waals surface area contributed by atoms with E-state index in [1.807, 2.05) is 6.07 Å². The summed E-state index contributed by atoms with van der Waals surface area (Å²) in [6.07, 6.45) is 1.59. The summed E-state index contributed by atoms with van der Waals surface area (Å²) in [5, 5.41) is 1.47. The first-order valence-electron chi connectivity index (χ1n) is 6.73. The maximum absolute atomic E-state index is 6.37. The lowest BCUT2D eigenvalue weighted by molar-refractivity contribution is 0.327. The fourth-order valence-electron chi connectivity index (χ4n) is 2.40. The van der Waals surface area contributed by atoms with E-state index in [1.165, 1.54) is 0 Å². The van der Waals surface area contributed by atoms with Crippen molar-refractivity contribution in [3.63, 3.8) is 0 Å². The Balaban J connectivity index is 2.14. The summed E-state index contributed by atoms with van der Waals surface area (Å²) in [6, 6.07) is 1.91. The predicted octanol–water partition coefficient (Wildman–Crippen LogP) is 2.81. The monoisotopic (exact) mass is 370 g/mol. The highest BCUT2D eigenvalue weighted by atomic mass is 79.9. The summed E-state index contributed by atoms with van der Waals surface area (Å²) in [5.41, 5.74) is 0.836. The Labute approximate surface area is 137 Å². The van der Waals surface area contributed by atoms with Crippen molar-refractivity contribution in [2.75, 3.05) is 45.2 Å². The highest BCUT2D eigenvalue weighted by molar-refractivity contribution is 9.10. The van der Waals surface area contributed by atoms with E-state index in [0.29, 0.717) is 17.4 Å². The fourth-order valence-corrected chi connectivity index (χ4v) is 3.00. The van der Waals surface area contributed by atoms with Gasteiger partial charge in [0, 0.05) is 17.6 Å². The van der Waals surface area contributed by atoms with Crippen LogP contribution in [0.1, 0.15) is 0 Å². The zero-order valence-electron chi connectivity index (χ0n) is 11.9. The topological polar surface area (TPSA) is 41.5 Å². The summed E-state index contributed by atoms with van der Waals surface area (Å²) < 4.78 is 6.66. The quantitative estimate of drug-likeness (QED) is 0.830. The predicted molar refractivity (Wildman–Crippen MR) is 88.5 cm³/mol. The molecule has 21 heavy (non-hydrogen) atoms. The molecule has 1 aromatic heterocycles. The minimum atomic E-state index is 0.577. The van der Waals surface area contributed by atoms with Gasteiger partial charge in [-0.25, -0.2) is 9.97 Å². The van der Waals surface area contributed by atoms with E-state index in [-0.39, 0.29) is 0 Å². The van der Waals surface area contributed by atoms with Gasteiger partial charge in [-0.1, -0.05) is 11.6 Å². The largest absolute Gasteiger partial charge is 0.489 e. The van der Waals surface area contributed by atoms with Gasteiger partial charge in [-0.05, 0) is 36.1 Å². The molecule has 2 aromatic rings. The van der Waals surface area contributed by atoms with E-state index in [1.54, 1.807) is 6.33 Å². The van der Waals surface area contributed by atoms with Gasteiger partial charge in [0.25, 0.3) is 0 Å². The second kappa shape index (κ2) is 5.94. The Bertz CT molecular complexity index is 680. The number of aromatic nitrogens is 2. The van der Waals surface area contributed by atoms with Crippen LogP contribution in [0.4, 0.5) is 5.82 Å². The van der Waals surface area contributed by atoms with Crippen LogP contribution in [0.3, 0.4) is 0 Å². The van der Waals surface area contributed by atoms with E-state index in [4.69, 9.17) is 16.3 Å². The third-order valence-corrected chi connectivity index (χ3v) is 4.71. The summed E-state index contributed by atoms with van der Waals surface area (Å²) >= 11 is 9.83. The summed E-state index contributed by atoms with van der Waals surface area (Å²) in [6.45, 7) is 3.19. The van der Waals surface area contributed by atoms with E-state index >= 15 is 0 Å². The molecule has 0 atom stereocenters. The molecule has 0 fully saturated rings. The Hall–Kier alpha value is -1.11. The smallest absolute Gasteiger partial charge is 0.152 e. The number of halogens is 2. The van der Waals surface area contributed by atoms with Gasteiger partial charge < -0.3 is 14.5 Å². The lowest BCUT2D eigenvalue weighted by Crippen LogP contribution is -2.34. The third-order valence-electron chi connectivity index (χ3n) is 3.48. The van der Waals surface area contributed by atoms with Gasteiger partial charge in [0.2, 0.25) is 0 Å². The molecule has 0 saturated carbocycles. The maximum atomic E-state index is 6.37. The minimum Gasteiger partial charge on any atom is -0.489 e. The molecule has 0 unspecified atom stereocenters. The van der Waals surface area contributed by atoms with Gasteiger partial charge in [0.1, 0.15) is 18.8 Å². The van der Waals surface area contributed by atoms with Crippen LogP contribution in [-0.2, 0) is 0 Å². The van der Waals surface area contributed by atoms with Crippen molar-refractivity contribution in [1.29, 1.82) is 0 Å². The molecule has 1 aliphatic heterocycles. The van der Waals surface area contributed by atoms with Gasteiger partial charge in [-0.2, -0.15) is 0 Å². The number of ether oxygens (including phenoxy) is 1. The van der Waals surface area contributed by atoms with Crippen molar-refractivity contribution in [2.45, 2.75) is 0 Å². The number of likely N-dealkylation sites (N-methyl/N-ethyl adjacent to an activating group) is 1. The molecule has 0 radical (unpaired) electrons. The van der Waals surface area contributed by atoms with Crippen LogP contribution in [-0.4, -0.2) is 55.2 Å². The molecule has 1 aliphatic rings. The molecule has 2 heterocycles. The van der Waals surface area contributed by atoms with Crippen LogP contribution >= 0.6 is 27.5 Å². The van der Waals surface area contributed by atoms with E-state index in [2.05, 4.69) is 49.8 Å². The van der Waals surface area contributed by atoms with Gasteiger partial charge in [0.05, 0.1) is 22.5 Å². The molecular weight excluding hydrogens is 356 g/mol. The Morgan fingerprint density at radius 3 is 3.00 bits per heavy atom. The van der Waals surface area contributed by atoms with Crippen molar-refractivity contribution in [2.24, 2.45) is 0 Å². The van der Waals surface area contributed by atoms with Crippen LogP contribution in [0, 0.1) is 0 Å². The van der Waals surface area contributed by atoms with Crippen molar-refractivity contribution in [3.8, 4) is 5.75 Å². The lowest BCUT2D eigenvalue weighted by atomic mass is 10.2. The number of rotatable bonds is 3. The molecule has 5 nitrogen and oxygen atoms in total. The van der Waals surface area contributed by atoms with Crippen molar-refractivity contribution in [3.05, 3.63) is 21.9 Å². The minimum absolute atomic E-state index is 0.577. The second-order valence-electron chi connectivity index (χ2n) is 5.23. The maximum Gasteiger partial charge on any atom is 0.152 e. The number of nitrogens with zero attached hydrogens (tertiary/aromatic N) is 4. The number of benzene rings is 1. The molecule has 0 N–H and O–H groups in total. The molecule has 0 spiro atoms. The van der Waals surface area contributed by atoms with Gasteiger partial charge >= 0.3 is 0 Å². The van der Waals surface area contributed by atoms with Crippen molar-refractivity contribution in [1.82, 2.24) is 14.9 Å². The fraction of sp³-hybridized carbons (Fsp3) is 0.429. The van der Waals surface area contributed by atoms with Crippen LogP contribution in [0.5, 0.6) is 5.75 Å². The van der Waals surface area contributed by atoms with Crippen LogP contribution in [0.2, 0.25) is 5.02 Å². The zero-order chi connectivity index (χ0) is 15.0. The second-order valence-corrected chi connectivity index (χ2v) is 6.46. The first kappa shape index (κ1) is 14.8. The van der Waals surface area contributed by atoms with Crippen LogP contribution < -0.4 is 9.64 Å². The van der Waals surface area contributed by atoms with E-state index < -0.39 is 0 Å². The SMILES string of the molecule is CN(C)CCN1CCOc2c(Cl)c(Br)cc3ncnc1c23. The highest BCUT2D eigenvalue weighted by Gasteiger charge is 2.23. The molecule has 7 heteroatoms. The average Bonchev–Trinajstić information content (AvgIpc) is 2.63. The van der Waals surface area contributed by atoms with Crippen molar-refractivity contribution < 1.29 is 4.74 Å². The van der Waals surface area contributed by atoms with Crippen LogP contribution in [0.15, 0.2) is 16.9 Å². The summed E-state index contributed by atoms with van der Waals surface area (Å²) in [5.74, 6) is 1.56.